The lowest BCUT2D eigenvalue weighted by molar-refractivity contribution is -0.122. The van der Waals surface area contributed by atoms with Gasteiger partial charge in [-0.25, -0.2) is 0 Å². The van der Waals surface area contributed by atoms with E-state index in [9.17, 15) is 4.79 Å². The number of nitrogens with zero attached hydrogens (tertiary/aromatic N) is 1. The van der Waals surface area contributed by atoms with Crippen LogP contribution in [0.3, 0.4) is 0 Å². The standard InChI is InChI=1S/C13H26N2O2/c1-3-8-15(10-12-5-6-12)11-13(16)14-7-4-9-17-2/h12H,3-11H2,1-2H3,(H,14,16). The highest BCUT2D eigenvalue weighted by Crippen LogP contribution is 2.29. The summed E-state index contributed by atoms with van der Waals surface area (Å²) >= 11 is 0. The van der Waals surface area contributed by atoms with Crippen molar-refractivity contribution in [2.75, 3.05) is 39.9 Å². The van der Waals surface area contributed by atoms with Crippen LogP contribution in [0.15, 0.2) is 0 Å². The van der Waals surface area contributed by atoms with Crippen LogP contribution in [-0.4, -0.2) is 50.7 Å². The fourth-order valence-electron chi connectivity index (χ4n) is 1.92. The molecule has 1 saturated carbocycles. The first-order chi connectivity index (χ1) is 8.26. The highest BCUT2D eigenvalue weighted by atomic mass is 16.5. The first-order valence-corrected chi connectivity index (χ1v) is 6.74. The maximum atomic E-state index is 11.7. The third-order valence-electron chi connectivity index (χ3n) is 2.97. The molecular weight excluding hydrogens is 216 g/mol. The molecule has 1 aliphatic carbocycles. The van der Waals surface area contributed by atoms with E-state index >= 15 is 0 Å². The van der Waals surface area contributed by atoms with Crippen molar-refractivity contribution in [2.24, 2.45) is 5.92 Å². The van der Waals surface area contributed by atoms with E-state index in [-0.39, 0.29) is 5.91 Å². The summed E-state index contributed by atoms with van der Waals surface area (Å²) in [6.07, 6.45) is 4.69. The molecule has 0 heterocycles. The van der Waals surface area contributed by atoms with Gasteiger partial charge in [-0.1, -0.05) is 6.92 Å². The van der Waals surface area contributed by atoms with E-state index in [1.54, 1.807) is 7.11 Å². The summed E-state index contributed by atoms with van der Waals surface area (Å²) in [5.41, 5.74) is 0. The zero-order valence-electron chi connectivity index (χ0n) is 11.2. The lowest BCUT2D eigenvalue weighted by atomic mass is 10.3. The number of amides is 1. The Labute approximate surface area is 105 Å². The minimum Gasteiger partial charge on any atom is -0.385 e. The van der Waals surface area contributed by atoms with Gasteiger partial charge in [0.15, 0.2) is 0 Å². The monoisotopic (exact) mass is 242 g/mol. The Balaban J connectivity index is 2.11. The second kappa shape index (κ2) is 8.48. The average Bonchev–Trinajstić information content (AvgIpc) is 3.08. The van der Waals surface area contributed by atoms with Gasteiger partial charge >= 0.3 is 0 Å². The Kier molecular flexibility index (Phi) is 7.21. The lowest BCUT2D eigenvalue weighted by Crippen LogP contribution is -2.39. The smallest absolute Gasteiger partial charge is 0.234 e. The van der Waals surface area contributed by atoms with Gasteiger partial charge in [0.05, 0.1) is 6.54 Å². The first kappa shape index (κ1) is 14.5. The van der Waals surface area contributed by atoms with Crippen LogP contribution in [0.2, 0.25) is 0 Å². The minimum absolute atomic E-state index is 0.148. The summed E-state index contributed by atoms with van der Waals surface area (Å²) in [6.45, 7) is 6.27. The van der Waals surface area contributed by atoms with Crippen LogP contribution in [0.1, 0.15) is 32.6 Å². The fourth-order valence-corrected chi connectivity index (χ4v) is 1.92. The molecule has 1 rings (SSSR count). The van der Waals surface area contributed by atoms with Gasteiger partial charge in [0.1, 0.15) is 0 Å². The molecule has 0 bridgehead atoms. The first-order valence-electron chi connectivity index (χ1n) is 6.74. The second-order valence-corrected chi connectivity index (χ2v) is 4.87. The summed E-state index contributed by atoms with van der Waals surface area (Å²) < 4.78 is 4.94. The molecule has 0 saturated heterocycles. The normalized spacial score (nSPS) is 15.2. The van der Waals surface area contributed by atoms with Crippen molar-refractivity contribution in [3.63, 3.8) is 0 Å². The number of hydrogen-bond acceptors (Lipinski definition) is 3. The van der Waals surface area contributed by atoms with Crippen LogP contribution in [0.25, 0.3) is 0 Å². The lowest BCUT2D eigenvalue weighted by Gasteiger charge is -2.20. The number of ether oxygens (including phenoxy) is 1. The van der Waals surface area contributed by atoms with Gasteiger partial charge in [-0.15, -0.1) is 0 Å². The Hall–Kier alpha value is -0.610. The van der Waals surface area contributed by atoms with Crippen molar-refractivity contribution in [2.45, 2.75) is 32.6 Å². The maximum Gasteiger partial charge on any atom is 0.234 e. The Morgan fingerprint density at radius 3 is 2.82 bits per heavy atom. The van der Waals surface area contributed by atoms with Crippen molar-refractivity contribution in [1.29, 1.82) is 0 Å². The number of hydrogen-bond donors (Lipinski definition) is 1. The Bertz CT molecular complexity index is 217. The summed E-state index contributed by atoms with van der Waals surface area (Å²) in [4.78, 5) is 14.0. The van der Waals surface area contributed by atoms with Crippen molar-refractivity contribution < 1.29 is 9.53 Å². The minimum atomic E-state index is 0.148. The van der Waals surface area contributed by atoms with Gasteiger partial charge in [-0.2, -0.15) is 0 Å². The van der Waals surface area contributed by atoms with E-state index in [2.05, 4.69) is 17.1 Å². The van der Waals surface area contributed by atoms with Crippen LogP contribution in [0.5, 0.6) is 0 Å². The summed E-state index contributed by atoms with van der Waals surface area (Å²) in [5, 5.41) is 2.94. The van der Waals surface area contributed by atoms with Crippen molar-refractivity contribution in [3.8, 4) is 0 Å². The summed E-state index contributed by atoms with van der Waals surface area (Å²) in [5.74, 6) is 0.998. The van der Waals surface area contributed by atoms with Crippen molar-refractivity contribution in [3.05, 3.63) is 0 Å². The van der Waals surface area contributed by atoms with E-state index in [0.717, 1.165) is 38.4 Å². The second-order valence-electron chi connectivity index (χ2n) is 4.87. The number of methoxy groups -OCH3 is 1. The van der Waals surface area contributed by atoms with Crippen LogP contribution in [-0.2, 0) is 9.53 Å². The highest BCUT2D eigenvalue weighted by molar-refractivity contribution is 5.77. The average molecular weight is 242 g/mol. The molecule has 4 nitrogen and oxygen atoms in total. The quantitative estimate of drug-likeness (QED) is 0.586. The van der Waals surface area contributed by atoms with E-state index < -0.39 is 0 Å². The third-order valence-corrected chi connectivity index (χ3v) is 2.97. The number of rotatable bonds is 10. The van der Waals surface area contributed by atoms with Crippen LogP contribution >= 0.6 is 0 Å². The van der Waals surface area contributed by atoms with Gasteiger partial charge in [0.25, 0.3) is 0 Å². The Morgan fingerprint density at radius 1 is 1.47 bits per heavy atom. The predicted octanol–water partition coefficient (Wildman–Crippen LogP) is 1.26. The molecule has 1 N–H and O–H groups in total. The van der Waals surface area contributed by atoms with Gasteiger partial charge in [-0.05, 0) is 38.1 Å². The molecule has 1 amide bonds. The van der Waals surface area contributed by atoms with E-state index in [4.69, 9.17) is 4.74 Å². The number of nitrogens with one attached hydrogen (secondary N) is 1. The van der Waals surface area contributed by atoms with E-state index in [1.165, 1.54) is 12.8 Å². The highest BCUT2D eigenvalue weighted by Gasteiger charge is 2.24. The molecule has 100 valence electrons. The number of carbonyl (C=O) groups excluding carboxylic acids is 1. The summed E-state index contributed by atoms with van der Waals surface area (Å²) in [6, 6.07) is 0. The van der Waals surface area contributed by atoms with Gasteiger partial charge in [-0.3, -0.25) is 9.69 Å². The third kappa shape index (κ3) is 7.34. The van der Waals surface area contributed by atoms with Crippen molar-refractivity contribution in [1.82, 2.24) is 10.2 Å². The molecule has 0 spiro atoms. The zero-order chi connectivity index (χ0) is 12.5. The van der Waals surface area contributed by atoms with Crippen LogP contribution < -0.4 is 5.32 Å². The maximum absolute atomic E-state index is 11.7. The van der Waals surface area contributed by atoms with Gasteiger partial charge in [0.2, 0.25) is 5.91 Å². The van der Waals surface area contributed by atoms with Gasteiger partial charge in [0, 0.05) is 26.8 Å². The molecule has 4 heteroatoms. The Morgan fingerprint density at radius 2 is 2.24 bits per heavy atom. The predicted molar refractivity (Wildman–Crippen MR) is 69.0 cm³/mol. The van der Waals surface area contributed by atoms with Crippen molar-refractivity contribution >= 4 is 5.91 Å². The van der Waals surface area contributed by atoms with Crippen LogP contribution in [0, 0.1) is 5.92 Å². The molecule has 0 atom stereocenters. The zero-order valence-corrected chi connectivity index (χ0v) is 11.2. The molecule has 0 aromatic carbocycles. The van der Waals surface area contributed by atoms with E-state index in [1.807, 2.05) is 0 Å². The fraction of sp³-hybridized carbons (Fsp3) is 0.923. The molecule has 1 fully saturated rings. The van der Waals surface area contributed by atoms with Crippen LogP contribution in [0.4, 0.5) is 0 Å². The summed E-state index contributed by atoms with van der Waals surface area (Å²) in [7, 11) is 1.68. The van der Waals surface area contributed by atoms with Gasteiger partial charge < -0.3 is 10.1 Å². The molecule has 0 aromatic heterocycles. The van der Waals surface area contributed by atoms with E-state index in [0.29, 0.717) is 13.2 Å². The molecule has 1 aliphatic rings. The largest absolute Gasteiger partial charge is 0.385 e. The SMILES string of the molecule is CCCN(CC(=O)NCCCOC)CC1CC1. The topological polar surface area (TPSA) is 41.6 Å². The molecule has 0 radical (unpaired) electrons. The molecule has 17 heavy (non-hydrogen) atoms. The molecule has 0 aromatic rings. The number of carbonyl (C=O) groups is 1. The molecular formula is C13H26N2O2. The molecule has 0 unspecified atom stereocenters. The molecule has 0 aliphatic heterocycles.